The van der Waals surface area contributed by atoms with Crippen molar-refractivity contribution < 1.29 is 13.0 Å². The van der Waals surface area contributed by atoms with Crippen molar-refractivity contribution in [2.45, 2.75) is 72.3 Å². The second-order valence-electron chi connectivity index (χ2n) is 6.91. The molecule has 0 aliphatic carbocycles. The number of rotatable bonds is 7. The molecule has 0 amide bonds. The third kappa shape index (κ3) is 8.20. The van der Waals surface area contributed by atoms with Crippen LogP contribution in [0.3, 0.4) is 0 Å². The van der Waals surface area contributed by atoms with Gasteiger partial charge in [-0.3, -0.25) is 9.56 Å². The van der Waals surface area contributed by atoms with Crippen LogP contribution in [-0.2, 0) is 13.0 Å². The molecule has 0 saturated heterocycles. The highest BCUT2D eigenvalue weighted by atomic mass is 31.2. The van der Waals surface area contributed by atoms with Gasteiger partial charge in [-0.2, -0.15) is 0 Å². The van der Waals surface area contributed by atoms with Crippen molar-refractivity contribution in [2.24, 2.45) is 4.99 Å². The Balaban J connectivity index is 5.48. The van der Waals surface area contributed by atoms with Crippen LogP contribution in [0.4, 0.5) is 0 Å². The number of hydrogen-bond acceptors (Lipinski definition) is 4. The van der Waals surface area contributed by atoms with Gasteiger partial charge in [0.05, 0.1) is 0 Å². The number of aliphatic imine (C=N–C) groups is 1. The first-order valence-corrected chi connectivity index (χ1v) is 15.2. The average molecular weight is 324 g/mol. The summed E-state index contributed by atoms with van der Waals surface area (Å²) in [5, 5.41) is 0. The van der Waals surface area contributed by atoms with Crippen LogP contribution < -0.4 is 0 Å². The van der Waals surface area contributed by atoms with E-state index in [1.807, 2.05) is 60.1 Å². The van der Waals surface area contributed by atoms with Crippen LogP contribution in [0.5, 0.6) is 0 Å². The van der Waals surface area contributed by atoms with Crippen LogP contribution in [0.1, 0.15) is 27.2 Å². The normalized spacial score (nSPS) is 15.2. The van der Waals surface area contributed by atoms with E-state index in [1.54, 1.807) is 0 Å². The molecule has 19 heavy (non-hydrogen) atoms. The van der Waals surface area contributed by atoms with Gasteiger partial charge >= 0.3 is 7.60 Å². The zero-order chi connectivity index (χ0) is 15.5. The predicted molar refractivity (Wildman–Crippen MR) is 89.3 cm³/mol. The van der Waals surface area contributed by atoms with Crippen LogP contribution >= 0.6 is 7.60 Å². The summed E-state index contributed by atoms with van der Waals surface area (Å²) in [4.78, 5) is 4.48. The number of hydrogen-bond donors (Lipinski definition) is 0. The Hall–Kier alpha value is 0.254. The quantitative estimate of drug-likeness (QED) is 0.372. The lowest BCUT2D eigenvalue weighted by Gasteiger charge is -2.34. The van der Waals surface area contributed by atoms with Gasteiger partial charge in [0.2, 0.25) is 0 Å². The Bertz CT molecular complexity index is 348. The van der Waals surface area contributed by atoms with Crippen LogP contribution in [-0.4, -0.2) is 28.1 Å². The largest absolute Gasteiger partial charge is 0.350 e. The molecule has 4 nitrogen and oxygen atoms in total. The maximum Gasteiger partial charge on any atom is 0.335 e. The fourth-order valence-corrected chi connectivity index (χ4v) is 9.97. The van der Waals surface area contributed by atoms with E-state index in [2.05, 4.69) is 4.99 Å². The zero-order valence-corrected chi connectivity index (χ0v) is 16.8. The summed E-state index contributed by atoms with van der Waals surface area (Å²) in [7, 11) is -7.11. The van der Waals surface area contributed by atoms with Gasteiger partial charge in [0.15, 0.2) is 16.6 Å². The van der Waals surface area contributed by atoms with E-state index in [0.717, 1.165) is 5.71 Å². The molecule has 0 fully saturated rings. The van der Waals surface area contributed by atoms with E-state index in [9.17, 15) is 4.57 Å². The van der Waals surface area contributed by atoms with Gasteiger partial charge in [0.1, 0.15) is 5.78 Å². The van der Waals surface area contributed by atoms with Crippen LogP contribution in [0.25, 0.3) is 0 Å². The van der Waals surface area contributed by atoms with Crippen molar-refractivity contribution in [3.05, 3.63) is 0 Å². The van der Waals surface area contributed by atoms with Crippen molar-refractivity contribution in [3.8, 4) is 0 Å². The molecular weight excluding hydrogens is 293 g/mol. The van der Waals surface area contributed by atoms with Gasteiger partial charge in [-0.05, 0) is 59.6 Å². The van der Waals surface area contributed by atoms with Gasteiger partial charge < -0.3 is 8.43 Å². The minimum atomic E-state index is -3.19. The Morgan fingerprint density at radius 2 is 1.42 bits per heavy atom. The summed E-state index contributed by atoms with van der Waals surface area (Å²) in [5.74, 6) is -0.379. The summed E-state index contributed by atoms with van der Waals surface area (Å²) < 4.78 is 25.1. The molecule has 0 N–H and O–H groups in total. The maximum absolute atomic E-state index is 13.2. The topological polar surface area (TPSA) is 47.9 Å². The van der Waals surface area contributed by atoms with Gasteiger partial charge in [0.25, 0.3) is 0 Å². The van der Waals surface area contributed by atoms with Gasteiger partial charge in [0, 0.05) is 5.71 Å². The highest BCUT2D eigenvalue weighted by molar-refractivity contribution is 7.57. The molecule has 0 spiro atoms. The van der Waals surface area contributed by atoms with E-state index in [0.29, 0.717) is 6.42 Å². The molecule has 114 valence electrons. The molecule has 1 atom stereocenters. The molecule has 0 aliphatic heterocycles. The zero-order valence-electron chi connectivity index (χ0n) is 13.9. The summed E-state index contributed by atoms with van der Waals surface area (Å²) in [6, 6.07) is 0. The molecule has 0 aromatic rings. The Morgan fingerprint density at radius 3 is 1.63 bits per heavy atom. The Kier molecular flexibility index (Phi) is 6.90. The Labute approximate surface area is 120 Å². The first-order valence-electron chi connectivity index (χ1n) is 6.81. The molecule has 0 radical (unpaired) electrons. The molecule has 0 saturated carbocycles. The smallest absolute Gasteiger partial charge is 0.335 e. The van der Waals surface area contributed by atoms with Gasteiger partial charge in [-0.25, -0.2) is 0 Å². The molecule has 0 aromatic carbocycles. The molecule has 1 unspecified atom stereocenters. The fourth-order valence-electron chi connectivity index (χ4n) is 1.59. The standard InChI is InChI=1S/C12H30NO3PSi2/c1-10-12(13-11(2)3)17(14,15-18(4,5)6)16-19(7,8)9/h12H,10H2,1-9H3. The lowest BCUT2D eigenvalue weighted by molar-refractivity contribution is 0.367. The highest BCUT2D eigenvalue weighted by Gasteiger charge is 2.42. The van der Waals surface area contributed by atoms with Crippen molar-refractivity contribution in [3.63, 3.8) is 0 Å². The van der Waals surface area contributed by atoms with Gasteiger partial charge in [-0.15, -0.1) is 0 Å². The first kappa shape index (κ1) is 19.3. The van der Waals surface area contributed by atoms with Crippen LogP contribution in [0.15, 0.2) is 4.99 Å². The Morgan fingerprint density at radius 1 is 1.05 bits per heavy atom. The summed E-state index contributed by atoms with van der Waals surface area (Å²) in [5.41, 5.74) is 0.908. The minimum Gasteiger partial charge on any atom is -0.350 e. The van der Waals surface area contributed by atoms with Gasteiger partial charge in [-0.1, -0.05) is 6.92 Å². The fraction of sp³-hybridized carbons (Fsp3) is 0.917. The SMILES string of the molecule is CCC(N=C(C)C)P(=O)(O[Si](C)(C)C)O[Si](C)(C)C. The third-order valence-electron chi connectivity index (χ3n) is 1.94. The predicted octanol–water partition coefficient (Wildman–Crippen LogP) is 5.10. The molecule has 7 heteroatoms. The van der Waals surface area contributed by atoms with Crippen molar-refractivity contribution in [1.82, 2.24) is 0 Å². The lowest BCUT2D eigenvalue weighted by Crippen LogP contribution is -2.32. The van der Waals surface area contributed by atoms with E-state index in [-0.39, 0.29) is 5.78 Å². The second-order valence-corrected chi connectivity index (χ2v) is 18.5. The van der Waals surface area contributed by atoms with Crippen molar-refractivity contribution in [1.29, 1.82) is 0 Å². The van der Waals surface area contributed by atoms with Crippen molar-refractivity contribution in [2.75, 3.05) is 0 Å². The molecule has 0 aliphatic rings. The maximum atomic E-state index is 13.2. The molecular formula is C12H30NO3PSi2. The average Bonchev–Trinajstić information content (AvgIpc) is 2.06. The van der Waals surface area contributed by atoms with Crippen molar-refractivity contribution >= 4 is 29.9 Å². The second kappa shape index (κ2) is 6.81. The van der Waals surface area contributed by atoms with Crippen LogP contribution in [0.2, 0.25) is 39.3 Å². The van der Waals surface area contributed by atoms with E-state index in [1.165, 1.54) is 0 Å². The van der Waals surface area contributed by atoms with E-state index < -0.39 is 24.2 Å². The monoisotopic (exact) mass is 323 g/mol. The number of nitrogens with zero attached hydrogens (tertiary/aromatic N) is 1. The minimum absolute atomic E-state index is 0.379. The summed E-state index contributed by atoms with van der Waals surface area (Å²) in [6.45, 7) is 18.0. The van der Waals surface area contributed by atoms with E-state index >= 15 is 0 Å². The third-order valence-corrected chi connectivity index (χ3v) is 9.57. The highest BCUT2D eigenvalue weighted by Crippen LogP contribution is 2.58. The van der Waals surface area contributed by atoms with E-state index in [4.69, 9.17) is 8.43 Å². The van der Waals surface area contributed by atoms with Crippen LogP contribution in [0, 0.1) is 0 Å². The lowest BCUT2D eigenvalue weighted by atomic mass is 10.4. The summed E-state index contributed by atoms with van der Waals surface area (Å²) in [6.07, 6.45) is 0.664. The molecule has 0 rings (SSSR count). The molecule has 0 aromatic heterocycles. The summed E-state index contributed by atoms with van der Waals surface area (Å²) >= 11 is 0. The molecule has 0 heterocycles. The molecule has 0 bridgehead atoms. The first-order chi connectivity index (χ1) is 8.29.